The normalized spacial score (nSPS) is 19.0. The Balaban J connectivity index is 0.00000243. The number of nitrogens with one attached hydrogen (secondary N) is 2. The third kappa shape index (κ3) is 3.33. The van der Waals surface area contributed by atoms with Crippen LogP contribution in [0.4, 0.5) is 5.69 Å². The van der Waals surface area contributed by atoms with Gasteiger partial charge in [0.2, 0.25) is 17.7 Å². The molecule has 9 nitrogen and oxygen atoms in total. The number of anilines is 1. The predicted molar refractivity (Wildman–Crippen MR) is 94.0 cm³/mol. The molecule has 5 amide bonds. The van der Waals surface area contributed by atoms with Crippen LogP contribution < -0.4 is 10.6 Å². The van der Waals surface area contributed by atoms with Gasteiger partial charge in [-0.3, -0.25) is 34.2 Å². The molecule has 1 fully saturated rings. The van der Waals surface area contributed by atoms with Crippen molar-refractivity contribution in [3.05, 3.63) is 29.3 Å². The van der Waals surface area contributed by atoms with Gasteiger partial charge in [0.05, 0.1) is 16.8 Å². The predicted octanol–water partition coefficient (Wildman–Crippen LogP) is -0.215. The molecule has 0 aliphatic carbocycles. The van der Waals surface area contributed by atoms with Gasteiger partial charge in [-0.2, -0.15) is 13.5 Å². The topological polar surface area (TPSA) is 122 Å². The van der Waals surface area contributed by atoms with E-state index in [0.717, 1.165) is 4.90 Å². The Kier molecular flexibility index (Phi) is 5.78. The molecule has 0 spiro atoms. The van der Waals surface area contributed by atoms with E-state index in [9.17, 15) is 24.0 Å². The highest BCUT2D eigenvalue weighted by atomic mass is 32.1. The average Bonchev–Trinajstić information content (AvgIpc) is 2.81. The summed E-state index contributed by atoms with van der Waals surface area (Å²) in [4.78, 5) is 61.2. The second-order valence-corrected chi connectivity index (χ2v) is 5.66. The Morgan fingerprint density at radius 3 is 2.65 bits per heavy atom. The standard InChI is InChI=1S/C16H15N3O6.H2S/c1-25-7-12(21)17-9-4-2-3-8-13(9)16(24)19(15(8)23)10-5-6-11(20)18-14(10)22;/h2-4,10H,5-7H2,1H3,(H,17,21)(H,18,20,22);1H2/t10-;/m0./s1. The minimum absolute atomic E-state index is 0. The molecule has 0 radical (unpaired) electrons. The lowest BCUT2D eigenvalue weighted by Crippen LogP contribution is -2.54. The second-order valence-electron chi connectivity index (χ2n) is 5.66. The smallest absolute Gasteiger partial charge is 0.264 e. The molecular weight excluding hydrogens is 362 g/mol. The molecule has 0 saturated carbocycles. The number of methoxy groups -OCH3 is 1. The first-order valence-corrected chi connectivity index (χ1v) is 7.57. The Bertz CT molecular complexity index is 809. The van der Waals surface area contributed by atoms with Gasteiger partial charge < -0.3 is 10.1 Å². The van der Waals surface area contributed by atoms with Crippen LogP contribution in [0.5, 0.6) is 0 Å². The summed E-state index contributed by atoms with van der Waals surface area (Å²) in [6.45, 7) is -0.206. The molecule has 1 aromatic rings. The maximum atomic E-state index is 12.8. The monoisotopic (exact) mass is 379 g/mol. The van der Waals surface area contributed by atoms with Crippen LogP contribution in [0.3, 0.4) is 0 Å². The van der Waals surface area contributed by atoms with Gasteiger partial charge in [-0.1, -0.05) is 6.07 Å². The molecule has 138 valence electrons. The zero-order chi connectivity index (χ0) is 18.1. The fraction of sp³-hybridized carbons (Fsp3) is 0.312. The molecule has 26 heavy (non-hydrogen) atoms. The lowest BCUT2D eigenvalue weighted by atomic mass is 10.0. The summed E-state index contributed by atoms with van der Waals surface area (Å²) in [5, 5.41) is 4.65. The highest BCUT2D eigenvalue weighted by molar-refractivity contribution is 7.59. The number of amides is 5. The van der Waals surface area contributed by atoms with E-state index in [0.29, 0.717) is 0 Å². The van der Waals surface area contributed by atoms with E-state index in [4.69, 9.17) is 4.74 Å². The highest BCUT2D eigenvalue weighted by Gasteiger charge is 2.45. The van der Waals surface area contributed by atoms with Gasteiger partial charge in [-0.05, 0) is 18.6 Å². The molecule has 2 aliphatic rings. The van der Waals surface area contributed by atoms with Crippen molar-refractivity contribution < 1.29 is 28.7 Å². The minimum atomic E-state index is -1.05. The molecule has 1 atom stereocenters. The van der Waals surface area contributed by atoms with Gasteiger partial charge in [0.15, 0.2) is 0 Å². The van der Waals surface area contributed by atoms with Gasteiger partial charge in [-0.15, -0.1) is 0 Å². The number of nitrogens with zero attached hydrogens (tertiary/aromatic N) is 1. The van der Waals surface area contributed by atoms with Crippen LogP contribution in [-0.2, 0) is 19.1 Å². The fourth-order valence-corrected chi connectivity index (χ4v) is 2.94. The lowest BCUT2D eigenvalue weighted by Gasteiger charge is -2.27. The van der Waals surface area contributed by atoms with E-state index in [1.165, 1.54) is 25.3 Å². The van der Waals surface area contributed by atoms with Gasteiger partial charge in [-0.25, -0.2) is 0 Å². The molecule has 0 bridgehead atoms. The van der Waals surface area contributed by atoms with Crippen LogP contribution >= 0.6 is 13.5 Å². The van der Waals surface area contributed by atoms with Crippen molar-refractivity contribution in [3.63, 3.8) is 0 Å². The van der Waals surface area contributed by atoms with Crippen LogP contribution in [0.25, 0.3) is 0 Å². The molecule has 10 heteroatoms. The summed E-state index contributed by atoms with van der Waals surface area (Å²) in [5.74, 6) is -2.91. The number of piperidine rings is 1. The van der Waals surface area contributed by atoms with Crippen molar-refractivity contribution in [1.29, 1.82) is 0 Å². The van der Waals surface area contributed by atoms with E-state index in [1.807, 2.05) is 0 Å². The molecule has 3 rings (SSSR count). The number of carbonyl (C=O) groups excluding carboxylic acids is 5. The van der Waals surface area contributed by atoms with Crippen molar-refractivity contribution in [1.82, 2.24) is 10.2 Å². The van der Waals surface area contributed by atoms with Crippen LogP contribution in [0.1, 0.15) is 33.6 Å². The third-order valence-electron chi connectivity index (χ3n) is 4.02. The molecule has 0 unspecified atom stereocenters. The van der Waals surface area contributed by atoms with Gasteiger partial charge in [0.1, 0.15) is 12.6 Å². The zero-order valence-electron chi connectivity index (χ0n) is 13.8. The Morgan fingerprint density at radius 1 is 1.27 bits per heavy atom. The highest BCUT2D eigenvalue weighted by Crippen LogP contribution is 2.32. The Morgan fingerprint density at radius 2 is 2.00 bits per heavy atom. The summed E-state index contributed by atoms with van der Waals surface area (Å²) >= 11 is 0. The van der Waals surface area contributed by atoms with E-state index in [-0.39, 0.29) is 49.8 Å². The third-order valence-corrected chi connectivity index (χ3v) is 4.02. The minimum Gasteiger partial charge on any atom is -0.375 e. The summed E-state index contributed by atoms with van der Waals surface area (Å²) in [7, 11) is 1.36. The molecule has 2 heterocycles. The number of hydrogen-bond donors (Lipinski definition) is 2. The second kappa shape index (κ2) is 7.67. The van der Waals surface area contributed by atoms with Gasteiger partial charge >= 0.3 is 0 Å². The van der Waals surface area contributed by atoms with Crippen molar-refractivity contribution in [2.75, 3.05) is 19.0 Å². The number of imide groups is 2. The number of hydrogen-bond acceptors (Lipinski definition) is 6. The van der Waals surface area contributed by atoms with Crippen molar-refractivity contribution >= 4 is 48.7 Å². The van der Waals surface area contributed by atoms with E-state index in [2.05, 4.69) is 10.6 Å². The van der Waals surface area contributed by atoms with Crippen molar-refractivity contribution in [2.45, 2.75) is 18.9 Å². The van der Waals surface area contributed by atoms with Crippen LogP contribution in [0.2, 0.25) is 0 Å². The Labute approximate surface area is 155 Å². The number of ether oxygens (including phenoxy) is 1. The molecule has 2 aliphatic heterocycles. The quantitative estimate of drug-likeness (QED) is 0.698. The SMILES string of the molecule is COCC(=O)Nc1cccc2c1C(=O)N([C@H]1CCC(=O)NC1=O)C2=O.S. The maximum absolute atomic E-state index is 12.8. The molecular formula is C16H17N3O6S. The first-order valence-electron chi connectivity index (χ1n) is 7.57. The largest absolute Gasteiger partial charge is 0.375 e. The van der Waals surface area contributed by atoms with Gasteiger partial charge in [0, 0.05) is 13.5 Å². The number of carbonyl (C=O) groups is 5. The van der Waals surface area contributed by atoms with E-state index < -0.39 is 35.6 Å². The number of rotatable bonds is 4. The van der Waals surface area contributed by atoms with Crippen LogP contribution in [0, 0.1) is 0 Å². The summed E-state index contributed by atoms with van der Waals surface area (Å²) in [6.07, 6.45) is 0.114. The van der Waals surface area contributed by atoms with Crippen LogP contribution in [-0.4, -0.2) is 54.2 Å². The summed E-state index contributed by atoms with van der Waals surface area (Å²) in [6, 6.07) is 3.42. The fourth-order valence-electron chi connectivity index (χ4n) is 2.94. The molecule has 1 saturated heterocycles. The summed E-state index contributed by atoms with van der Waals surface area (Å²) < 4.78 is 4.72. The van der Waals surface area contributed by atoms with E-state index >= 15 is 0 Å². The first-order chi connectivity index (χ1) is 11.9. The number of benzene rings is 1. The number of fused-ring (bicyclic) bond motifs is 1. The lowest BCUT2D eigenvalue weighted by molar-refractivity contribution is -0.136. The first kappa shape index (κ1) is 19.6. The molecule has 0 aromatic heterocycles. The van der Waals surface area contributed by atoms with Crippen molar-refractivity contribution in [3.8, 4) is 0 Å². The molecule has 2 N–H and O–H groups in total. The van der Waals surface area contributed by atoms with E-state index in [1.54, 1.807) is 0 Å². The molecule has 1 aromatic carbocycles. The zero-order valence-corrected chi connectivity index (χ0v) is 14.8. The van der Waals surface area contributed by atoms with Crippen LogP contribution in [0.15, 0.2) is 18.2 Å². The van der Waals surface area contributed by atoms with Gasteiger partial charge in [0.25, 0.3) is 11.8 Å². The summed E-state index contributed by atoms with van der Waals surface area (Å²) in [5.41, 5.74) is 0.305. The maximum Gasteiger partial charge on any atom is 0.264 e. The Hall–Kier alpha value is -2.72. The average molecular weight is 379 g/mol. The van der Waals surface area contributed by atoms with Crippen molar-refractivity contribution in [2.24, 2.45) is 0 Å².